The highest BCUT2D eigenvalue weighted by Crippen LogP contribution is 2.55. The summed E-state index contributed by atoms with van der Waals surface area (Å²) in [7, 11) is 0. The number of amides is 3. The van der Waals surface area contributed by atoms with Crippen LogP contribution in [0.4, 0.5) is 5.69 Å². The van der Waals surface area contributed by atoms with E-state index in [9.17, 15) is 14.4 Å². The van der Waals surface area contributed by atoms with E-state index in [1.165, 1.54) is 0 Å². The number of ether oxygens (including phenoxy) is 1. The Labute approximate surface area is 236 Å². The Morgan fingerprint density at radius 1 is 1.13 bits per heavy atom. The van der Waals surface area contributed by atoms with Crippen molar-refractivity contribution in [2.75, 3.05) is 31.5 Å². The van der Waals surface area contributed by atoms with E-state index in [4.69, 9.17) is 16.3 Å². The maximum absolute atomic E-state index is 14.1. The Morgan fingerprint density at radius 2 is 1.85 bits per heavy atom. The molecule has 0 unspecified atom stereocenters. The van der Waals surface area contributed by atoms with Gasteiger partial charge in [0.05, 0.1) is 17.9 Å². The molecular formula is C30H41ClN4O4. The number of halogens is 1. The van der Waals surface area contributed by atoms with Crippen molar-refractivity contribution < 1.29 is 19.1 Å². The first-order valence-electron chi connectivity index (χ1n) is 14.5. The number of hydrogen-bond acceptors (Lipinski definition) is 5. The Bertz CT molecular complexity index is 1120. The van der Waals surface area contributed by atoms with E-state index < -0.39 is 29.6 Å². The molecule has 2 saturated heterocycles. The third-order valence-corrected chi connectivity index (χ3v) is 9.87. The van der Waals surface area contributed by atoms with Gasteiger partial charge in [0.1, 0.15) is 11.6 Å². The van der Waals surface area contributed by atoms with Gasteiger partial charge in [-0.3, -0.25) is 14.4 Å². The quantitative estimate of drug-likeness (QED) is 0.453. The van der Waals surface area contributed by atoms with E-state index in [1.54, 1.807) is 29.2 Å². The van der Waals surface area contributed by atoms with Gasteiger partial charge in [0.2, 0.25) is 17.7 Å². The van der Waals surface area contributed by atoms with E-state index in [1.807, 2.05) is 12.2 Å². The Balaban J connectivity index is 1.43. The number of hydrogen-bond donors (Lipinski definition) is 2. The molecule has 212 valence electrons. The molecule has 1 spiro atoms. The molecule has 2 bridgehead atoms. The van der Waals surface area contributed by atoms with Crippen LogP contribution in [0.2, 0.25) is 5.02 Å². The van der Waals surface area contributed by atoms with Gasteiger partial charge >= 0.3 is 0 Å². The first kappa shape index (κ1) is 28.1. The number of anilines is 1. The first-order valence-corrected chi connectivity index (χ1v) is 14.8. The SMILES string of the molecule is CCN(CC)CCN1C(=O)[C@@H]2[C@H](C(=O)Nc3ccc(Cl)cc3)[C@@H]3C=C[C@@]2(O3)[C@@H]1C(=O)N[C@@H]1CCC[C@@H](C)[C@H]1C. The molecule has 8 atom stereocenters. The lowest BCUT2D eigenvalue weighted by atomic mass is 9.73. The molecule has 0 aromatic heterocycles. The molecule has 3 fully saturated rings. The highest BCUT2D eigenvalue weighted by Gasteiger charge is 2.72. The van der Waals surface area contributed by atoms with Crippen LogP contribution in [0.5, 0.6) is 0 Å². The zero-order valence-corrected chi connectivity index (χ0v) is 24.1. The van der Waals surface area contributed by atoms with Gasteiger partial charge in [-0.15, -0.1) is 0 Å². The minimum Gasteiger partial charge on any atom is -0.359 e. The van der Waals surface area contributed by atoms with Gasteiger partial charge in [0.15, 0.2) is 0 Å². The summed E-state index contributed by atoms with van der Waals surface area (Å²) in [6.07, 6.45) is 6.34. The molecular weight excluding hydrogens is 516 g/mol. The summed E-state index contributed by atoms with van der Waals surface area (Å²) in [6, 6.07) is 6.12. The summed E-state index contributed by atoms with van der Waals surface area (Å²) in [4.78, 5) is 45.7. The van der Waals surface area contributed by atoms with Crippen LogP contribution in [0.15, 0.2) is 36.4 Å². The maximum Gasteiger partial charge on any atom is 0.246 e. The summed E-state index contributed by atoms with van der Waals surface area (Å²) in [5.74, 6) is -1.25. The van der Waals surface area contributed by atoms with Crippen LogP contribution < -0.4 is 10.6 Å². The fourth-order valence-electron chi connectivity index (χ4n) is 7.10. The highest BCUT2D eigenvalue weighted by molar-refractivity contribution is 6.30. The second-order valence-electron chi connectivity index (χ2n) is 11.6. The molecule has 0 radical (unpaired) electrons. The minimum atomic E-state index is -1.15. The molecule has 39 heavy (non-hydrogen) atoms. The summed E-state index contributed by atoms with van der Waals surface area (Å²) >= 11 is 6.01. The van der Waals surface area contributed by atoms with E-state index >= 15 is 0 Å². The van der Waals surface area contributed by atoms with Crippen molar-refractivity contribution in [1.29, 1.82) is 0 Å². The topological polar surface area (TPSA) is 91.0 Å². The maximum atomic E-state index is 14.1. The van der Waals surface area contributed by atoms with Crippen molar-refractivity contribution >= 4 is 35.0 Å². The molecule has 5 rings (SSSR count). The molecule has 1 aromatic rings. The van der Waals surface area contributed by atoms with Crippen molar-refractivity contribution in [3.63, 3.8) is 0 Å². The molecule has 1 aliphatic carbocycles. The van der Waals surface area contributed by atoms with Crippen LogP contribution in [0.3, 0.4) is 0 Å². The predicted octanol–water partition coefficient (Wildman–Crippen LogP) is 3.71. The van der Waals surface area contributed by atoms with E-state index in [-0.39, 0.29) is 23.8 Å². The van der Waals surface area contributed by atoms with Crippen molar-refractivity contribution in [3.8, 4) is 0 Å². The average Bonchev–Trinajstić information content (AvgIpc) is 3.56. The Hall–Kier alpha value is -2.42. The largest absolute Gasteiger partial charge is 0.359 e. The van der Waals surface area contributed by atoms with Crippen LogP contribution >= 0.6 is 11.6 Å². The number of benzene rings is 1. The zero-order chi connectivity index (χ0) is 27.9. The number of likely N-dealkylation sites (N-methyl/N-ethyl adjacent to an activating group) is 1. The highest BCUT2D eigenvalue weighted by atomic mass is 35.5. The van der Waals surface area contributed by atoms with Gasteiger partial charge in [-0.1, -0.05) is 64.3 Å². The van der Waals surface area contributed by atoms with Crippen LogP contribution in [-0.2, 0) is 19.1 Å². The predicted molar refractivity (Wildman–Crippen MR) is 151 cm³/mol. The van der Waals surface area contributed by atoms with Gasteiger partial charge in [-0.05, 0) is 55.6 Å². The molecule has 1 saturated carbocycles. The minimum absolute atomic E-state index is 0.0583. The monoisotopic (exact) mass is 556 g/mol. The normalized spacial score (nSPS) is 35.0. The number of rotatable bonds is 9. The lowest BCUT2D eigenvalue weighted by Gasteiger charge is -2.38. The van der Waals surface area contributed by atoms with Crippen molar-refractivity contribution in [1.82, 2.24) is 15.1 Å². The zero-order valence-electron chi connectivity index (χ0n) is 23.4. The van der Waals surface area contributed by atoms with Crippen molar-refractivity contribution in [3.05, 3.63) is 41.4 Å². The molecule has 3 aliphatic heterocycles. The fourth-order valence-corrected chi connectivity index (χ4v) is 7.23. The second kappa shape index (κ2) is 11.2. The number of carbonyl (C=O) groups is 3. The van der Waals surface area contributed by atoms with Gasteiger partial charge < -0.3 is 25.2 Å². The van der Waals surface area contributed by atoms with Crippen molar-refractivity contribution in [2.24, 2.45) is 23.7 Å². The van der Waals surface area contributed by atoms with Crippen LogP contribution in [-0.4, -0.2) is 77.5 Å². The molecule has 9 heteroatoms. The molecule has 1 aromatic carbocycles. The van der Waals surface area contributed by atoms with Crippen molar-refractivity contribution in [2.45, 2.75) is 70.7 Å². The number of nitrogens with zero attached hydrogens (tertiary/aromatic N) is 2. The van der Waals surface area contributed by atoms with Gasteiger partial charge in [0.25, 0.3) is 0 Å². The number of fused-ring (bicyclic) bond motifs is 1. The van der Waals surface area contributed by atoms with E-state index in [2.05, 4.69) is 43.2 Å². The average molecular weight is 557 g/mol. The van der Waals surface area contributed by atoms with Crippen LogP contribution in [0.25, 0.3) is 0 Å². The fraction of sp³-hybridized carbons (Fsp3) is 0.633. The Morgan fingerprint density at radius 3 is 2.54 bits per heavy atom. The summed E-state index contributed by atoms with van der Waals surface area (Å²) in [5, 5.41) is 6.82. The molecule has 3 amide bonds. The van der Waals surface area contributed by atoms with E-state index in [0.717, 1.165) is 32.4 Å². The first-order chi connectivity index (χ1) is 18.7. The second-order valence-corrected chi connectivity index (χ2v) is 12.1. The summed E-state index contributed by atoms with van der Waals surface area (Å²) in [5.41, 5.74) is -0.551. The third-order valence-electron chi connectivity index (χ3n) is 9.62. The lowest BCUT2D eigenvalue weighted by molar-refractivity contribution is -0.141. The standard InChI is InChI=1S/C30H41ClN4O4/c1-5-34(6-2)16-17-35-26(28(37)33-22-9-7-8-18(3)19(22)4)30-15-14-23(39-30)24(25(30)29(35)38)27(36)32-21-12-10-20(31)11-13-21/h10-15,18-19,22-26H,5-9,16-17H2,1-4H3,(H,32,36)(H,33,37)/t18-,19-,22-,23+,24-,25+,26+,30+/m1/s1. The molecule has 3 heterocycles. The lowest BCUT2D eigenvalue weighted by Crippen LogP contribution is -2.58. The van der Waals surface area contributed by atoms with Gasteiger partial charge in [-0.2, -0.15) is 0 Å². The smallest absolute Gasteiger partial charge is 0.246 e. The molecule has 2 N–H and O–H groups in total. The van der Waals surface area contributed by atoms with Gasteiger partial charge in [-0.25, -0.2) is 0 Å². The van der Waals surface area contributed by atoms with Crippen LogP contribution in [0.1, 0.15) is 47.0 Å². The number of carbonyl (C=O) groups excluding carboxylic acids is 3. The number of likely N-dealkylation sites (tertiary alicyclic amines) is 1. The number of nitrogens with one attached hydrogen (secondary N) is 2. The summed E-state index contributed by atoms with van der Waals surface area (Å²) < 4.78 is 6.48. The summed E-state index contributed by atoms with van der Waals surface area (Å²) in [6.45, 7) is 11.4. The van der Waals surface area contributed by atoms with Gasteiger partial charge in [0, 0.05) is 29.8 Å². The van der Waals surface area contributed by atoms with Crippen LogP contribution in [0, 0.1) is 23.7 Å². The Kier molecular flexibility index (Phi) is 8.09. The van der Waals surface area contributed by atoms with E-state index in [0.29, 0.717) is 35.6 Å². The molecule has 8 nitrogen and oxygen atoms in total. The third kappa shape index (κ3) is 5.00. The molecule has 4 aliphatic rings.